The largest absolute Gasteiger partial charge is 0.368 e. The van der Waals surface area contributed by atoms with Gasteiger partial charge in [-0.3, -0.25) is 4.79 Å². The minimum absolute atomic E-state index is 0.0529. The van der Waals surface area contributed by atoms with E-state index in [4.69, 9.17) is 5.73 Å². The first-order chi connectivity index (χ1) is 8.94. The fourth-order valence-corrected chi connectivity index (χ4v) is 1.70. The highest BCUT2D eigenvalue weighted by atomic mass is 16.2. The number of aromatic amines is 1. The molecule has 19 heavy (non-hydrogen) atoms. The lowest BCUT2D eigenvalue weighted by atomic mass is 9.92. The normalized spacial score (nSPS) is 11.5. The van der Waals surface area contributed by atoms with Crippen molar-refractivity contribution >= 4 is 28.8 Å². The summed E-state index contributed by atoms with van der Waals surface area (Å²) in [5, 5.41) is 5.74. The summed E-state index contributed by atoms with van der Waals surface area (Å²) in [7, 11) is 1.61. The van der Waals surface area contributed by atoms with Crippen LogP contribution in [0.2, 0.25) is 0 Å². The molecule has 0 radical (unpaired) electrons. The first-order valence-corrected chi connectivity index (χ1v) is 5.86. The lowest BCUT2D eigenvalue weighted by Crippen LogP contribution is -2.39. The third-order valence-electron chi connectivity index (χ3n) is 2.84. The summed E-state index contributed by atoms with van der Waals surface area (Å²) < 4.78 is 0. The lowest BCUT2D eigenvalue weighted by molar-refractivity contribution is -0.128. The van der Waals surface area contributed by atoms with E-state index in [1.165, 1.54) is 6.33 Å². The van der Waals surface area contributed by atoms with E-state index in [1.807, 2.05) is 13.8 Å². The predicted octanol–water partition coefficient (Wildman–Crippen LogP) is 0.119. The van der Waals surface area contributed by atoms with Gasteiger partial charge in [-0.1, -0.05) is 0 Å². The molecule has 8 nitrogen and oxygen atoms in total. The third-order valence-corrected chi connectivity index (χ3v) is 2.84. The zero-order chi connectivity index (χ0) is 14.0. The highest BCUT2D eigenvalue weighted by molar-refractivity contribution is 5.85. The number of anilines is 2. The maximum atomic E-state index is 11.7. The van der Waals surface area contributed by atoms with Crippen LogP contribution in [0.5, 0.6) is 0 Å². The van der Waals surface area contributed by atoms with E-state index in [-0.39, 0.29) is 11.9 Å². The first kappa shape index (κ1) is 13.1. The van der Waals surface area contributed by atoms with Crippen molar-refractivity contribution in [3.8, 4) is 0 Å². The summed E-state index contributed by atoms with van der Waals surface area (Å²) >= 11 is 0. The van der Waals surface area contributed by atoms with E-state index >= 15 is 0 Å². The van der Waals surface area contributed by atoms with E-state index in [9.17, 15) is 4.79 Å². The SMILES string of the molecule is CNC(=O)C(C)(C)CNc1nc(N)nc2nc[nH]c12. The number of fused-ring (bicyclic) bond motifs is 1. The predicted molar refractivity (Wildman–Crippen MR) is 72.4 cm³/mol. The Morgan fingerprint density at radius 3 is 2.89 bits per heavy atom. The van der Waals surface area contributed by atoms with Crippen LogP contribution in [0.1, 0.15) is 13.8 Å². The molecule has 0 aromatic carbocycles. The van der Waals surface area contributed by atoms with Crippen molar-refractivity contribution in [2.75, 3.05) is 24.6 Å². The number of amides is 1. The van der Waals surface area contributed by atoms with Crippen LogP contribution < -0.4 is 16.4 Å². The molecular weight excluding hydrogens is 246 g/mol. The van der Waals surface area contributed by atoms with Crippen LogP contribution in [0.4, 0.5) is 11.8 Å². The van der Waals surface area contributed by atoms with Gasteiger partial charge < -0.3 is 21.4 Å². The van der Waals surface area contributed by atoms with Crippen LogP contribution in [0.25, 0.3) is 11.2 Å². The Balaban J connectivity index is 2.22. The lowest BCUT2D eigenvalue weighted by Gasteiger charge is -2.23. The highest BCUT2D eigenvalue weighted by Gasteiger charge is 2.26. The van der Waals surface area contributed by atoms with Gasteiger partial charge in [0.25, 0.3) is 0 Å². The molecule has 0 aliphatic rings. The molecule has 2 aromatic heterocycles. The number of H-pyrrole nitrogens is 1. The van der Waals surface area contributed by atoms with Crippen LogP contribution >= 0.6 is 0 Å². The Labute approximate surface area is 110 Å². The minimum atomic E-state index is -0.569. The van der Waals surface area contributed by atoms with E-state index in [1.54, 1.807) is 7.05 Å². The standard InChI is InChI=1S/C11H17N7O/c1-11(2,9(19)13-3)4-14-7-6-8(16-5-15-6)18-10(12)17-7/h5H,4H2,1-3H3,(H,13,19)(H4,12,14,15,16,17,18). The summed E-state index contributed by atoms with van der Waals surface area (Å²) in [6.07, 6.45) is 1.52. The van der Waals surface area contributed by atoms with Crippen molar-refractivity contribution in [3.63, 3.8) is 0 Å². The average Bonchev–Trinajstić information content (AvgIpc) is 2.82. The maximum Gasteiger partial charge on any atom is 0.227 e. The zero-order valence-corrected chi connectivity index (χ0v) is 11.1. The van der Waals surface area contributed by atoms with Gasteiger partial charge in [0, 0.05) is 13.6 Å². The van der Waals surface area contributed by atoms with Crippen LogP contribution in [-0.2, 0) is 4.79 Å². The molecule has 0 saturated carbocycles. The number of carbonyl (C=O) groups excluding carboxylic acids is 1. The van der Waals surface area contributed by atoms with E-state index in [2.05, 4.69) is 30.6 Å². The molecule has 2 heterocycles. The van der Waals surface area contributed by atoms with Crippen LogP contribution in [0.3, 0.4) is 0 Å². The maximum absolute atomic E-state index is 11.7. The molecule has 0 fully saturated rings. The molecule has 0 saturated heterocycles. The molecule has 1 amide bonds. The number of aromatic nitrogens is 4. The molecular formula is C11H17N7O. The smallest absolute Gasteiger partial charge is 0.227 e. The second-order valence-corrected chi connectivity index (χ2v) is 4.85. The number of hydrogen-bond donors (Lipinski definition) is 4. The van der Waals surface area contributed by atoms with Crippen molar-refractivity contribution in [1.29, 1.82) is 0 Å². The van der Waals surface area contributed by atoms with Gasteiger partial charge in [-0.25, -0.2) is 4.98 Å². The number of nitrogens with one attached hydrogen (secondary N) is 3. The summed E-state index contributed by atoms with van der Waals surface area (Å²) in [6.45, 7) is 4.10. The molecule has 0 atom stereocenters. The van der Waals surface area contributed by atoms with Gasteiger partial charge in [0.15, 0.2) is 11.5 Å². The van der Waals surface area contributed by atoms with Gasteiger partial charge in [-0.05, 0) is 13.8 Å². The topological polar surface area (TPSA) is 122 Å². The molecule has 102 valence electrons. The Hall–Kier alpha value is -2.38. The van der Waals surface area contributed by atoms with E-state index in [0.29, 0.717) is 23.5 Å². The van der Waals surface area contributed by atoms with Gasteiger partial charge in [0.2, 0.25) is 11.9 Å². The van der Waals surface area contributed by atoms with Crippen LogP contribution in [0, 0.1) is 5.41 Å². The van der Waals surface area contributed by atoms with Gasteiger partial charge >= 0.3 is 0 Å². The number of imidazole rings is 1. The fraction of sp³-hybridized carbons (Fsp3) is 0.455. The Morgan fingerprint density at radius 2 is 2.21 bits per heavy atom. The number of rotatable bonds is 4. The van der Waals surface area contributed by atoms with Crippen molar-refractivity contribution in [2.24, 2.45) is 5.41 Å². The zero-order valence-electron chi connectivity index (χ0n) is 11.1. The van der Waals surface area contributed by atoms with Gasteiger partial charge in [0.05, 0.1) is 11.7 Å². The Kier molecular flexibility index (Phi) is 3.24. The number of nitrogen functional groups attached to an aromatic ring is 1. The average molecular weight is 263 g/mol. The number of hydrogen-bond acceptors (Lipinski definition) is 6. The molecule has 0 bridgehead atoms. The quantitative estimate of drug-likeness (QED) is 0.621. The third kappa shape index (κ3) is 2.56. The van der Waals surface area contributed by atoms with Gasteiger partial charge in [-0.2, -0.15) is 9.97 Å². The summed E-state index contributed by atoms with van der Waals surface area (Å²) in [5.74, 6) is 0.625. The molecule has 0 aliphatic heterocycles. The molecule has 2 rings (SSSR count). The van der Waals surface area contributed by atoms with Crippen molar-refractivity contribution in [2.45, 2.75) is 13.8 Å². The van der Waals surface area contributed by atoms with E-state index < -0.39 is 5.41 Å². The number of nitrogens with zero attached hydrogens (tertiary/aromatic N) is 3. The summed E-state index contributed by atoms with van der Waals surface area (Å²) in [4.78, 5) is 26.8. The number of carbonyl (C=O) groups is 1. The highest BCUT2D eigenvalue weighted by Crippen LogP contribution is 2.20. The molecule has 8 heteroatoms. The van der Waals surface area contributed by atoms with Crippen molar-refractivity contribution in [1.82, 2.24) is 25.3 Å². The van der Waals surface area contributed by atoms with Crippen molar-refractivity contribution in [3.05, 3.63) is 6.33 Å². The molecule has 0 spiro atoms. The monoisotopic (exact) mass is 263 g/mol. The van der Waals surface area contributed by atoms with Gasteiger partial charge in [0.1, 0.15) is 5.52 Å². The fourth-order valence-electron chi connectivity index (χ4n) is 1.70. The summed E-state index contributed by atoms with van der Waals surface area (Å²) in [6, 6.07) is 0. The minimum Gasteiger partial charge on any atom is -0.368 e. The second kappa shape index (κ2) is 4.71. The Bertz CT molecular complexity index is 604. The molecule has 2 aromatic rings. The number of nitrogens with two attached hydrogens (primary N) is 1. The van der Waals surface area contributed by atoms with Crippen LogP contribution in [0.15, 0.2) is 6.33 Å². The van der Waals surface area contributed by atoms with E-state index in [0.717, 1.165) is 0 Å². The Morgan fingerprint density at radius 1 is 1.47 bits per heavy atom. The van der Waals surface area contributed by atoms with Crippen LogP contribution in [-0.4, -0.2) is 39.4 Å². The molecule has 0 aliphatic carbocycles. The first-order valence-electron chi connectivity index (χ1n) is 5.86. The van der Waals surface area contributed by atoms with Gasteiger partial charge in [-0.15, -0.1) is 0 Å². The molecule has 0 unspecified atom stereocenters. The second-order valence-electron chi connectivity index (χ2n) is 4.85. The van der Waals surface area contributed by atoms with Crippen molar-refractivity contribution < 1.29 is 4.79 Å². The summed E-state index contributed by atoms with van der Waals surface area (Å²) in [5.41, 5.74) is 6.21. The molecule has 5 N–H and O–H groups in total.